The fraction of sp³-hybridized carbons (Fsp3) is 0.360. The second-order valence-corrected chi connectivity index (χ2v) is 8.09. The summed E-state index contributed by atoms with van der Waals surface area (Å²) < 4.78 is 9.81. The minimum atomic E-state index is -0.744. The van der Waals surface area contributed by atoms with E-state index in [9.17, 15) is 9.59 Å². The fourth-order valence-electron chi connectivity index (χ4n) is 4.33. The summed E-state index contributed by atoms with van der Waals surface area (Å²) in [5.74, 6) is 0.792. The van der Waals surface area contributed by atoms with Crippen LogP contribution in [0.4, 0.5) is 4.79 Å². The Hall–Kier alpha value is -3.28. The molecule has 2 aromatic carbocycles. The summed E-state index contributed by atoms with van der Waals surface area (Å²) >= 11 is 0. The number of nitrogens with one attached hydrogen (secondary N) is 1. The van der Waals surface area contributed by atoms with E-state index in [1.165, 1.54) is 27.7 Å². The first-order chi connectivity index (χ1) is 15.0. The molecule has 1 aliphatic rings. The van der Waals surface area contributed by atoms with Crippen molar-refractivity contribution in [3.05, 3.63) is 64.8 Å². The minimum absolute atomic E-state index is 0.00475. The van der Waals surface area contributed by atoms with Gasteiger partial charge in [-0.15, -0.1) is 0 Å². The maximum Gasteiger partial charge on any atom is 0.513 e. The molecule has 2 heterocycles. The van der Waals surface area contributed by atoms with Gasteiger partial charge in [0.15, 0.2) is 0 Å². The summed E-state index contributed by atoms with van der Waals surface area (Å²) in [7, 11) is 0. The molecular weight excluding hydrogens is 392 g/mol. The lowest BCUT2D eigenvalue weighted by Gasteiger charge is -2.32. The maximum atomic E-state index is 12.9. The average molecular weight is 421 g/mol. The molecule has 1 N–H and O–H groups in total. The van der Waals surface area contributed by atoms with Crippen LogP contribution in [0.2, 0.25) is 0 Å². The SMILES string of the molecule is CCOC(=O)Oc1ccc(C(=O)N2CCC(c3[nH]c4ccc(C)cc4c3C)CC2)cc1. The molecule has 0 spiro atoms. The number of nitrogens with zero attached hydrogens (tertiary/aromatic N) is 1. The van der Waals surface area contributed by atoms with Gasteiger partial charge in [-0.3, -0.25) is 4.79 Å². The lowest BCUT2D eigenvalue weighted by atomic mass is 9.91. The van der Waals surface area contributed by atoms with E-state index in [0.29, 0.717) is 17.2 Å². The number of carbonyl (C=O) groups is 2. The van der Waals surface area contributed by atoms with Gasteiger partial charge in [0.2, 0.25) is 0 Å². The highest BCUT2D eigenvalue weighted by molar-refractivity contribution is 5.94. The third kappa shape index (κ3) is 4.43. The number of piperidine rings is 1. The Morgan fingerprint density at radius 3 is 2.45 bits per heavy atom. The first-order valence-electron chi connectivity index (χ1n) is 10.8. The van der Waals surface area contributed by atoms with Gasteiger partial charge in [0.05, 0.1) is 6.61 Å². The quantitative estimate of drug-likeness (QED) is 0.457. The van der Waals surface area contributed by atoms with Crippen LogP contribution in [0.5, 0.6) is 5.75 Å². The van der Waals surface area contributed by atoms with Crippen LogP contribution < -0.4 is 4.74 Å². The van der Waals surface area contributed by atoms with E-state index < -0.39 is 6.16 Å². The molecule has 1 aromatic heterocycles. The first kappa shape index (κ1) is 21.0. The molecule has 1 saturated heterocycles. The van der Waals surface area contributed by atoms with Gasteiger partial charge in [-0.1, -0.05) is 11.6 Å². The Bertz CT molecular complexity index is 1090. The number of hydrogen-bond acceptors (Lipinski definition) is 4. The molecule has 0 aliphatic carbocycles. The van der Waals surface area contributed by atoms with Crippen molar-refractivity contribution >= 4 is 23.0 Å². The van der Waals surface area contributed by atoms with Crippen molar-refractivity contribution in [1.82, 2.24) is 9.88 Å². The number of aryl methyl sites for hydroxylation is 2. The summed E-state index contributed by atoms with van der Waals surface area (Å²) in [5.41, 5.74) is 5.66. The first-order valence-corrected chi connectivity index (χ1v) is 10.8. The number of benzene rings is 2. The molecule has 3 aromatic rings. The van der Waals surface area contributed by atoms with Gasteiger partial charge < -0.3 is 19.4 Å². The molecule has 6 heteroatoms. The van der Waals surface area contributed by atoms with E-state index in [0.717, 1.165) is 25.9 Å². The minimum Gasteiger partial charge on any atom is -0.434 e. The molecule has 6 nitrogen and oxygen atoms in total. The fourth-order valence-corrected chi connectivity index (χ4v) is 4.33. The standard InChI is InChI=1S/C25H28N2O4/c1-4-30-25(29)31-20-8-6-19(7-9-20)24(28)27-13-11-18(12-14-27)23-17(3)21-15-16(2)5-10-22(21)26-23/h5-10,15,18,26H,4,11-14H2,1-3H3. The summed E-state index contributed by atoms with van der Waals surface area (Å²) in [6, 6.07) is 13.1. The number of carbonyl (C=O) groups excluding carboxylic acids is 2. The monoisotopic (exact) mass is 420 g/mol. The van der Waals surface area contributed by atoms with Crippen LogP contribution in [0.3, 0.4) is 0 Å². The van der Waals surface area contributed by atoms with Crippen molar-refractivity contribution in [2.75, 3.05) is 19.7 Å². The number of aromatic amines is 1. The number of hydrogen-bond donors (Lipinski definition) is 1. The molecule has 1 amide bonds. The summed E-state index contributed by atoms with van der Waals surface area (Å²) in [4.78, 5) is 29.8. The molecule has 162 valence electrons. The van der Waals surface area contributed by atoms with Crippen LogP contribution in [-0.4, -0.2) is 41.6 Å². The van der Waals surface area contributed by atoms with Gasteiger partial charge in [0.1, 0.15) is 5.75 Å². The van der Waals surface area contributed by atoms with Crippen molar-refractivity contribution in [2.45, 2.75) is 39.5 Å². The molecule has 0 radical (unpaired) electrons. The van der Waals surface area contributed by atoms with Crippen LogP contribution in [0.1, 0.15) is 52.9 Å². The topological polar surface area (TPSA) is 71.6 Å². The number of aromatic nitrogens is 1. The number of likely N-dealkylation sites (tertiary alicyclic amines) is 1. The van der Waals surface area contributed by atoms with Crippen molar-refractivity contribution in [3.8, 4) is 5.75 Å². The zero-order valence-electron chi connectivity index (χ0n) is 18.2. The van der Waals surface area contributed by atoms with Crippen LogP contribution in [0.25, 0.3) is 10.9 Å². The molecule has 31 heavy (non-hydrogen) atoms. The van der Waals surface area contributed by atoms with Gasteiger partial charge in [0, 0.05) is 41.2 Å². The van der Waals surface area contributed by atoms with E-state index in [1.54, 1.807) is 31.2 Å². The zero-order valence-corrected chi connectivity index (χ0v) is 18.2. The Balaban J connectivity index is 1.39. The average Bonchev–Trinajstić information content (AvgIpc) is 3.10. The van der Waals surface area contributed by atoms with Crippen molar-refractivity contribution in [2.24, 2.45) is 0 Å². The highest BCUT2D eigenvalue weighted by Crippen LogP contribution is 2.34. The Kier molecular flexibility index (Phi) is 5.98. The maximum absolute atomic E-state index is 12.9. The van der Waals surface area contributed by atoms with E-state index in [-0.39, 0.29) is 12.5 Å². The number of ether oxygens (including phenoxy) is 2. The van der Waals surface area contributed by atoms with Crippen molar-refractivity contribution in [1.29, 1.82) is 0 Å². The van der Waals surface area contributed by atoms with Gasteiger partial charge in [-0.05, 0) is 75.6 Å². The van der Waals surface area contributed by atoms with E-state index in [2.05, 4.69) is 37.0 Å². The number of H-pyrrole nitrogens is 1. The predicted molar refractivity (Wildman–Crippen MR) is 120 cm³/mol. The molecule has 1 fully saturated rings. The predicted octanol–water partition coefficient (Wildman–Crippen LogP) is 5.34. The Morgan fingerprint density at radius 2 is 1.77 bits per heavy atom. The summed E-state index contributed by atoms with van der Waals surface area (Å²) in [6.45, 7) is 7.71. The van der Waals surface area contributed by atoms with Gasteiger partial charge >= 0.3 is 6.16 Å². The number of amides is 1. The number of rotatable bonds is 4. The highest BCUT2D eigenvalue weighted by atomic mass is 16.7. The molecular formula is C25H28N2O4. The second kappa shape index (κ2) is 8.84. The summed E-state index contributed by atoms with van der Waals surface area (Å²) in [6.07, 6.45) is 1.12. The van der Waals surface area contributed by atoms with Crippen LogP contribution in [0.15, 0.2) is 42.5 Å². The van der Waals surface area contributed by atoms with E-state index >= 15 is 0 Å². The van der Waals surface area contributed by atoms with Crippen LogP contribution >= 0.6 is 0 Å². The second-order valence-electron chi connectivity index (χ2n) is 8.09. The van der Waals surface area contributed by atoms with Crippen molar-refractivity contribution < 1.29 is 19.1 Å². The zero-order chi connectivity index (χ0) is 22.0. The third-order valence-electron chi connectivity index (χ3n) is 6.01. The smallest absolute Gasteiger partial charge is 0.434 e. The molecule has 0 saturated carbocycles. The van der Waals surface area contributed by atoms with E-state index in [4.69, 9.17) is 9.47 Å². The molecule has 0 atom stereocenters. The van der Waals surface area contributed by atoms with Gasteiger partial charge in [0.25, 0.3) is 5.91 Å². The molecule has 0 bridgehead atoms. The lowest BCUT2D eigenvalue weighted by Crippen LogP contribution is -2.38. The largest absolute Gasteiger partial charge is 0.513 e. The molecule has 1 aliphatic heterocycles. The van der Waals surface area contributed by atoms with Gasteiger partial charge in [-0.25, -0.2) is 4.79 Å². The third-order valence-corrected chi connectivity index (χ3v) is 6.01. The molecule has 4 rings (SSSR count). The highest BCUT2D eigenvalue weighted by Gasteiger charge is 2.27. The van der Waals surface area contributed by atoms with Gasteiger partial charge in [-0.2, -0.15) is 0 Å². The van der Waals surface area contributed by atoms with Crippen LogP contribution in [0, 0.1) is 13.8 Å². The molecule has 0 unspecified atom stereocenters. The van der Waals surface area contributed by atoms with Crippen molar-refractivity contribution in [3.63, 3.8) is 0 Å². The number of fused-ring (bicyclic) bond motifs is 1. The normalized spacial score (nSPS) is 14.6. The van der Waals surface area contributed by atoms with E-state index in [1.807, 2.05) is 4.90 Å². The Morgan fingerprint density at radius 1 is 1.06 bits per heavy atom. The van der Waals surface area contributed by atoms with Crippen LogP contribution in [-0.2, 0) is 4.74 Å². The lowest BCUT2D eigenvalue weighted by molar-refractivity contribution is 0.0712. The summed E-state index contributed by atoms with van der Waals surface area (Å²) in [5, 5.41) is 1.29. The Labute approximate surface area is 182 Å².